The molecule has 152 valence electrons. The van der Waals surface area contributed by atoms with Crippen LogP contribution in [0.1, 0.15) is 51.9 Å². The van der Waals surface area contributed by atoms with Crippen molar-refractivity contribution in [1.29, 1.82) is 0 Å². The second-order valence-corrected chi connectivity index (χ2v) is 10.2. The Bertz CT molecular complexity index is 597. The Balaban J connectivity index is 2.46. The first-order valence-electron chi connectivity index (χ1n) is 8.91. The van der Waals surface area contributed by atoms with E-state index in [-0.39, 0.29) is 11.0 Å². The highest BCUT2D eigenvalue weighted by atomic mass is 127. The lowest BCUT2D eigenvalue weighted by molar-refractivity contribution is -0.122. The lowest BCUT2D eigenvalue weighted by Gasteiger charge is -2.27. The minimum atomic E-state index is -1.74. The lowest BCUT2D eigenvalue weighted by Crippen LogP contribution is -2.56. The minimum Gasteiger partial charge on any atom is -0.339 e. The molecule has 9 heteroatoms. The number of nitrogens with one attached hydrogen (secondary N) is 3. The van der Waals surface area contributed by atoms with Gasteiger partial charge in [0.2, 0.25) is 9.70 Å². The van der Waals surface area contributed by atoms with Crippen molar-refractivity contribution in [2.24, 2.45) is 0 Å². The molecular formula is C18H25Cl3IN3OS. The highest BCUT2D eigenvalue weighted by Gasteiger charge is 2.34. The molecule has 0 aromatic heterocycles. The van der Waals surface area contributed by atoms with Gasteiger partial charge in [0.25, 0.3) is 0 Å². The third-order valence-electron chi connectivity index (χ3n) is 3.77. The van der Waals surface area contributed by atoms with E-state index in [2.05, 4.69) is 45.5 Å². The van der Waals surface area contributed by atoms with Gasteiger partial charge in [0.05, 0.1) is 0 Å². The van der Waals surface area contributed by atoms with Gasteiger partial charge in [-0.1, -0.05) is 73.8 Å². The molecule has 4 nitrogen and oxygen atoms in total. The molecule has 0 aliphatic heterocycles. The van der Waals surface area contributed by atoms with Gasteiger partial charge >= 0.3 is 0 Å². The van der Waals surface area contributed by atoms with Crippen molar-refractivity contribution in [1.82, 2.24) is 10.6 Å². The molecule has 3 N–H and O–H groups in total. The number of hydrogen-bond acceptors (Lipinski definition) is 2. The van der Waals surface area contributed by atoms with E-state index >= 15 is 0 Å². The van der Waals surface area contributed by atoms with Crippen LogP contribution in [-0.2, 0) is 4.79 Å². The molecule has 1 rings (SSSR count). The molecule has 0 saturated carbocycles. The summed E-state index contributed by atoms with van der Waals surface area (Å²) < 4.78 is -0.632. The Labute approximate surface area is 195 Å². The summed E-state index contributed by atoms with van der Waals surface area (Å²) in [4.78, 5) is 12.2. The topological polar surface area (TPSA) is 53.2 Å². The number of rotatable bonds is 10. The molecule has 0 unspecified atom stereocenters. The smallest absolute Gasteiger partial charge is 0.228 e. The van der Waals surface area contributed by atoms with Gasteiger partial charge in [-0.3, -0.25) is 4.79 Å². The second-order valence-electron chi connectivity index (χ2n) is 6.17. The van der Waals surface area contributed by atoms with Gasteiger partial charge in [-0.2, -0.15) is 0 Å². The Kier molecular flexibility index (Phi) is 12.3. The zero-order valence-electron chi connectivity index (χ0n) is 15.2. The van der Waals surface area contributed by atoms with Gasteiger partial charge in [0, 0.05) is 15.7 Å². The standard InChI is InChI=1S/C18H25Cl3IN3OS/c1-2-3-4-5-6-7-8-15(26)24-16(18(19,20)21)25-17(27)23-14-11-9-13(22)10-12-14/h9-12,16H,2-8H2,1H3,(H,24,26)(H2,23,25,27)/t16-/m0/s1. The van der Waals surface area contributed by atoms with Crippen LogP contribution in [-0.4, -0.2) is 21.0 Å². The molecule has 0 fully saturated rings. The van der Waals surface area contributed by atoms with E-state index < -0.39 is 9.96 Å². The van der Waals surface area contributed by atoms with Crippen molar-refractivity contribution < 1.29 is 4.79 Å². The van der Waals surface area contributed by atoms with E-state index in [0.717, 1.165) is 28.5 Å². The van der Waals surface area contributed by atoms with Crippen LogP contribution in [0, 0.1) is 3.57 Å². The van der Waals surface area contributed by atoms with Crippen LogP contribution in [0.4, 0.5) is 5.69 Å². The van der Waals surface area contributed by atoms with E-state index in [4.69, 9.17) is 47.0 Å². The van der Waals surface area contributed by atoms with Crippen molar-refractivity contribution in [3.05, 3.63) is 27.8 Å². The Hall–Kier alpha value is -0.0200. The summed E-state index contributed by atoms with van der Waals surface area (Å²) in [5.74, 6) is -0.175. The van der Waals surface area contributed by atoms with Crippen molar-refractivity contribution >= 4 is 86.3 Å². The molecule has 1 aromatic carbocycles. The van der Waals surface area contributed by atoms with Gasteiger partial charge < -0.3 is 16.0 Å². The number of benzene rings is 1. The Morgan fingerprint density at radius 3 is 2.26 bits per heavy atom. The fourth-order valence-electron chi connectivity index (χ4n) is 2.33. The molecule has 0 bridgehead atoms. The third-order valence-corrected chi connectivity index (χ3v) is 5.36. The van der Waals surface area contributed by atoms with E-state index in [9.17, 15) is 4.79 Å². The third kappa shape index (κ3) is 11.5. The fraction of sp³-hybridized carbons (Fsp3) is 0.556. The van der Waals surface area contributed by atoms with Crippen LogP contribution < -0.4 is 16.0 Å². The molecule has 0 heterocycles. The normalized spacial score (nSPS) is 12.3. The molecule has 1 aromatic rings. The van der Waals surface area contributed by atoms with Crippen molar-refractivity contribution in [2.45, 2.75) is 61.8 Å². The number of carbonyl (C=O) groups excluding carboxylic acids is 1. The number of anilines is 1. The number of thiocarbonyl (C=S) groups is 1. The van der Waals surface area contributed by atoms with Crippen LogP contribution in [0.2, 0.25) is 0 Å². The second kappa shape index (κ2) is 13.2. The molecule has 0 aliphatic carbocycles. The molecule has 0 spiro atoms. The number of amides is 1. The van der Waals surface area contributed by atoms with E-state index in [1.165, 1.54) is 19.3 Å². The van der Waals surface area contributed by atoms with Crippen molar-refractivity contribution in [3.8, 4) is 0 Å². The van der Waals surface area contributed by atoms with Crippen LogP contribution in [0.3, 0.4) is 0 Å². The van der Waals surface area contributed by atoms with Gasteiger partial charge in [0.1, 0.15) is 6.17 Å². The number of unbranched alkanes of at least 4 members (excludes halogenated alkanes) is 5. The van der Waals surface area contributed by atoms with E-state index in [1.807, 2.05) is 24.3 Å². The number of hydrogen-bond donors (Lipinski definition) is 3. The quantitative estimate of drug-likeness (QED) is 0.105. The van der Waals surface area contributed by atoms with Gasteiger partial charge in [0.15, 0.2) is 5.11 Å². The maximum atomic E-state index is 12.2. The molecule has 1 amide bonds. The predicted molar refractivity (Wildman–Crippen MR) is 129 cm³/mol. The van der Waals surface area contributed by atoms with Gasteiger partial charge in [-0.15, -0.1) is 0 Å². The summed E-state index contributed by atoms with van der Waals surface area (Å²) in [7, 11) is 0. The van der Waals surface area contributed by atoms with Crippen LogP contribution in [0.15, 0.2) is 24.3 Å². The molecule has 0 aliphatic rings. The summed E-state index contributed by atoms with van der Waals surface area (Å²) in [5.41, 5.74) is 0.800. The molecule has 0 saturated heterocycles. The number of carbonyl (C=O) groups is 1. The Morgan fingerprint density at radius 2 is 1.67 bits per heavy atom. The number of alkyl halides is 3. The van der Waals surface area contributed by atoms with Gasteiger partial charge in [-0.25, -0.2) is 0 Å². The van der Waals surface area contributed by atoms with Crippen LogP contribution >= 0.6 is 69.6 Å². The first-order valence-corrected chi connectivity index (χ1v) is 11.5. The highest BCUT2D eigenvalue weighted by molar-refractivity contribution is 14.1. The van der Waals surface area contributed by atoms with Gasteiger partial charge in [-0.05, 0) is 65.5 Å². The summed E-state index contributed by atoms with van der Waals surface area (Å²) >= 11 is 25.5. The first-order chi connectivity index (χ1) is 12.7. The van der Waals surface area contributed by atoms with Crippen molar-refractivity contribution in [2.75, 3.05) is 5.32 Å². The average molecular weight is 565 g/mol. The maximum Gasteiger partial charge on any atom is 0.228 e. The largest absolute Gasteiger partial charge is 0.339 e. The highest BCUT2D eigenvalue weighted by Crippen LogP contribution is 2.29. The average Bonchev–Trinajstić information content (AvgIpc) is 2.58. The van der Waals surface area contributed by atoms with Crippen molar-refractivity contribution in [3.63, 3.8) is 0 Å². The lowest BCUT2D eigenvalue weighted by atomic mass is 10.1. The minimum absolute atomic E-state index is 0.175. The Morgan fingerprint density at radius 1 is 1.07 bits per heavy atom. The monoisotopic (exact) mass is 563 g/mol. The SMILES string of the molecule is CCCCCCCCC(=O)N[C@@H](NC(=S)Nc1ccc(I)cc1)C(Cl)(Cl)Cl. The summed E-state index contributed by atoms with van der Waals surface area (Å²) in [6.07, 6.45) is 6.07. The molecule has 1 atom stereocenters. The zero-order valence-corrected chi connectivity index (χ0v) is 20.4. The van der Waals surface area contributed by atoms with E-state index in [0.29, 0.717) is 6.42 Å². The van der Waals surface area contributed by atoms with E-state index in [1.54, 1.807) is 0 Å². The number of halogens is 4. The first kappa shape index (κ1) is 25.0. The summed E-state index contributed by atoms with van der Waals surface area (Å²) in [6, 6.07) is 7.66. The fourth-order valence-corrected chi connectivity index (χ4v) is 3.25. The maximum absolute atomic E-state index is 12.2. The molecule has 0 radical (unpaired) electrons. The summed E-state index contributed by atoms with van der Waals surface area (Å²) in [6.45, 7) is 2.18. The predicted octanol–water partition coefficient (Wildman–Crippen LogP) is 6.14. The molecular weight excluding hydrogens is 540 g/mol. The zero-order chi connectivity index (χ0) is 20.3. The van der Waals surface area contributed by atoms with Crippen LogP contribution in [0.5, 0.6) is 0 Å². The molecule has 27 heavy (non-hydrogen) atoms. The van der Waals surface area contributed by atoms with Crippen LogP contribution in [0.25, 0.3) is 0 Å². The summed E-state index contributed by atoms with van der Waals surface area (Å²) in [5, 5.41) is 8.83.